The molecule has 12 aromatic rings. The first kappa shape index (κ1) is 34.6. The van der Waals surface area contributed by atoms with Crippen LogP contribution in [0, 0.1) is 0 Å². The predicted molar refractivity (Wildman–Crippen MR) is 265 cm³/mol. The number of nitrogens with zero attached hydrogens (tertiary/aromatic N) is 2. The van der Waals surface area contributed by atoms with E-state index in [0.717, 1.165) is 34.1 Å². The zero-order chi connectivity index (χ0) is 40.7. The highest BCUT2D eigenvalue weighted by Gasteiger charge is 2.25. The summed E-state index contributed by atoms with van der Waals surface area (Å²) in [5, 5.41) is 15.0. The van der Waals surface area contributed by atoms with Gasteiger partial charge in [-0.15, -0.1) is 0 Å². The van der Waals surface area contributed by atoms with Crippen LogP contribution in [0.15, 0.2) is 231 Å². The van der Waals surface area contributed by atoms with E-state index in [1.165, 1.54) is 86.9 Å². The van der Waals surface area contributed by atoms with Crippen LogP contribution < -0.4 is 9.80 Å². The van der Waals surface area contributed by atoms with Crippen molar-refractivity contribution in [3.05, 3.63) is 231 Å². The Morgan fingerprint density at radius 2 is 0.484 bits per heavy atom. The van der Waals surface area contributed by atoms with E-state index in [4.69, 9.17) is 0 Å². The first-order chi connectivity index (χ1) is 30.7. The Kier molecular flexibility index (Phi) is 7.64. The highest BCUT2D eigenvalue weighted by atomic mass is 15.1. The summed E-state index contributed by atoms with van der Waals surface area (Å²) in [6.07, 6.45) is 0. The number of hydrogen-bond donors (Lipinski definition) is 0. The minimum atomic E-state index is 1.13. The summed E-state index contributed by atoms with van der Waals surface area (Å²) in [5.74, 6) is 0. The minimum Gasteiger partial charge on any atom is -0.310 e. The Morgan fingerprint density at radius 1 is 0.177 bits per heavy atom. The number of para-hydroxylation sites is 2. The van der Waals surface area contributed by atoms with Crippen LogP contribution in [0.4, 0.5) is 34.1 Å². The molecule has 0 unspecified atom stereocenters. The molecule has 0 atom stereocenters. The van der Waals surface area contributed by atoms with Crippen LogP contribution >= 0.6 is 0 Å². The first-order valence-corrected chi connectivity index (χ1v) is 21.4. The smallest absolute Gasteiger partial charge is 0.0468 e. The Labute approximate surface area is 359 Å². The summed E-state index contributed by atoms with van der Waals surface area (Å²) in [4.78, 5) is 4.78. The van der Waals surface area contributed by atoms with Gasteiger partial charge < -0.3 is 9.80 Å². The summed E-state index contributed by atoms with van der Waals surface area (Å²) >= 11 is 0. The third-order valence-corrected chi connectivity index (χ3v) is 13.0. The molecule has 0 saturated carbocycles. The van der Waals surface area contributed by atoms with Gasteiger partial charge in [0.25, 0.3) is 0 Å². The molecule has 0 fully saturated rings. The monoisotopic (exact) mass is 786 g/mol. The molecular weight excluding hydrogens is 749 g/mol. The third kappa shape index (κ3) is 5.51. The Bertz CT molecular complexity index is 3510. The van der Waals surface area contributed by atoms with E-state index in [1.54, 1.807) is 0 Å². The maximum Gasteiger partial charge on any atom is 0.0468 e. The summed E-state index contributed by atoms with van der Waals surface area (Å²) < 4.78 is 0. The Hall–Kier alpha value is -8.20. The van der Waals surface area contributed by atoms with Crippen molar-refractivity contribution in [2.45, 2.75) is 0 Å². The van der Waals surface area contributed by atoms with E-state index in [0.29, 0.717) is 0 Å². The average Bonchev–Trinajstić information content (AvgIpc) is 3.33. The number of anilines is 6. The lowest BCUT2D eigenvalue weighted by Gasteiger charge is -2.29. The molecule has 1 aliphatic rings. The van der Waals surface area contributed by atoms with E-state index in [2.05, 4.69) is 240 Å². The van der Waals surface area contributed by atoms with Crippen LogP contribution in [0.25, 0.3) is 86.9 Å². The molecule has 0 aromatic heterocycles. The number of benzene rings is 12. The molecule has 2 heteroatoms. The average molecular weight is 787 g/mol. The predicted octanol–water partition coefficient (Wildman–Crippen LogP) is 17.2. The molecule has 288 valence electrons. The lowest BCUT2D eigenvalue weighted by atomic mass is 9.78. The van der Waals surface area contributed by atoms with Crippen LogP contribution in [0.5, 0.6) is 0 Å². The van der Waals surface area contributed by atoms with Gasteiger partial charge in [-0.1, -0.05) is 133 Å². The molecule has 13 rings (SSSR count). The highest BCUT2D eigenvalue weighted by molar-refractivity contribution is 6.14. The number of hydrogen-bond acceptors (Lipinski definition) is 2. The molecule has 0 N–H and O–H groups in total. The van der Waals surface area contributed by atoms with Gasteiger partial charge >= 0.3 is 0 Å². The van der Waals surface area contributed by atoms with Gasteiger partial charge in [0.2, 0.25) is 0 Å². The molecular formula is C60H38N2. The minimum absolute atomic E-state index is 1.13. The van der Waals surface area contributed by atoms with Crippen LogP contribution in [-0.2, 0) is 0 Å². The molecule has 0 spiro atoms. The van der Waals surface area contributed by atoms with E-state index >= 15 is 0 Å². The topological polar surface area (TPSA) is 6.48 Å². The van der Waals surface area contributed by atoms with Crippen molar-refractivity contribution in [3.8, 4) is 22.3 Å². The van der Waals surface area contributed by atoms with Crippen LogP contribution in [0.2, 0.25) is 0 Å². The highest BCUT2D eigenvalue weighted by Crippen LogP contribution is 2.51. The second kappa shape index (κ2) is 13.7. The first-order valence-electron chi connectivity index (χ1n) is 21.4. The zero-order valence-corrected chi connectivity index (χ0v) is 33.8. The zero-order valence-electron chi connectivity index (χ0n) is 33.8. The molecule has 62 heavy (non-hydrogen) atoms. The van der Waals surface area contributed by atoms with Gasteiger partial charge in [0, 0.05) is 34.1 Å². The van der Waals surface area contributed by atoms with Crippen molar-refractivity contribution in [3.63, 3.8) is 0 Å². The van der Waals surface area contributed by atoms with Crippen molar-refractivity contribution in [2.75, 3.05) is 9.80 Å². The molecule has 0 aliphatic heterocycles. The van der Waals surface area contributed by atoms with Crippen molar-refractivity contribution >= 4 is 98.8 Å². The maximum atomic E-state index is 2.40. The van der Waals surface area contributed by atoms with Gasteiger partial charge in [0.1, 0.15) is 0 Å². The van der Waals surface area contributed by atoms with Gasteiger partial charge in [-0.2, -0.15) is 0 Å². The standard InChI is InChI=1S/C60H38N2/c1-3-13-47(14-4-1)61(51-27-23-41-21-19-39-11-7-9-17-53(39)55(41)37-51)49-29-25-43-33-57-58-34-44-26-30-50(32-46(44)36-60(58)59(57)35-45(43)31-49)62(48-15-5-2-6-16-48)52-28-24-42-22-20-40-12-8-10-18-54(40)56(42)38-52/h1-38H. The SMILES string of the molecule is c1ccc(N(c2ccc3cc4c(cc3c2)-c2cc3cc(N(c5ccccc5)c5ccc6ccc7ccccc7c6c5)ccc3cc2-4)c2ccc3ccc4ccccc4c3c2)cc1. The molecule has 0 bridgehead atoms. The van der Waals surface area contributed by atoms with Crippen LogP contribution in [0.1, 0.15) is 0 Å². The number of fused-ring (bicyclic) bond motifs is 12. The van der Waals surface area contributed by atoms with Gasteiger partial charge in [-0.05, 0) is 184 Å². The molecule has 12 aromatic carbocycles. The fraction of sp³-hybridized carbons (Fsp3) is 0. The largest absolute Gasteiger partial charge is 0.310 e. The molecule has 1 aliphatic carbocycles. The summed E-state index contributed by atoms with van der Waals surface area (Å²) in [7, 11) is 0. The van der Waals surface area contributed by atoms with Gasteiger partial charge in [0.15, 0.2) is 0 Å². The number of rotatable bonds is 6. The second-order valence-corrected chi connectivity index (χ2v) is 16.6. The van der Waals surface area contributed by atoms with Crippen molar-refractivity contribution in [1.29, 1.82) is 0 Å². The van der Waals surface area contributed by atoms with E-state index in [-0.39, 0.29) is 0 Å². The lowest BCUT2D eigenvalue weighted by Crippen LogP contribution is -2.10. The van der Waals surface area contributed by atoms with E-state index < -0.39 is 0 Å². The third-order valence-electron chi connectivity index (χ3n) is 13.0. The normalized spacial score (nSPS) is 11.9. The molecule has 0 radical (unpaired) electrons. The molecule has 2 nitrogen and oxygen atoms in total. The van der Waals surface area contributed by atoms with Crippen molar-refractivity contribution in [1.82, 2.24) is 0 Å². The van der Waals surface area contributed by atoms with Gasteiger partial charge in [-0.3, -0.25) is 0 Å². The molecule has 0 amide bonds. The lowest BCUT2D eigenvalue weighted by molar-refractivity contribution is 1.29. The summed E-state index contributed by atoms with van der Waals surface area (Å²) in [6, 6.07) is 84.8. The molecule has 0 heterocycles. The Balaban J connectivity index is 0.909. The van der Waals surface area contributed by atoms with Crippen molar-refractivity contribution < 1.29 is 0 Å². The van der Waals surface area contributed by atoms with Gasteiger partial charge in [0.05, 0.1) is 0 Å². The van der Waals surface area contributed by atoms with Crippen LogP contribution in [0.3, 0.4) is 0 Å². The van der Waals surface area contributed by atoms with E-state index in [1.807, 2.05) is 0 Å². The van der Waals surface area contributed by atoms with Gasteiger partial charge in [-0.25, -0.2) is 0 Å². The second-order valence-electron chi connectivity index (χ2n) is 16.6. The maximum absolute atomic E-state index is 2.40. The van der Waals surface area contributed by atoms with Crippen molar-refractivity contribution in [2.24, 2.45) is 0 Å². The van der Waals surface area contributed by atoms with Crippen LogP contribution in [-0.4, -0.2) is 0 Å². The fourth-order valence-corrected chi connectivity index (χ4v) is 9.98. The summed E-state index contributed by atoms with van der Waals surface area (Å²) in [6.45, 7) is 0. The molecule has 0 saturated heterocycles. The summed E-state index contributed by atoms with van der Waals surface area (Å²) in [5.41, 5.74) is 12.1. The van der Waals surface area contributed by atoms with E-state index in [9.17, 15) is 0 Å². The Morgan fingerprint density at radius 3 is 0.903 bits per heavy atom. The quantitative estimate of drug-likeness (QED) is 0.155. The fourth-order valence-electron chi connectivity index (χ4n) is 9.98.